The lowest BCUT2D eigenvalue weighted by atomic mass is 9.85. The molecule has 0 amide bonds. The van der Waals surface area contributed by atoms with Crippen LogP contribution < -0.4 is 5.56 Å². The molecular formula is C34H23NO. The predicted octanol–water partition coefficient (Wildman–Crippen LogP) is 8.48. The molecule has 7 rings (SSSR count). The summed E-state index contributed by atoms with van der Waals surface area (Å²) in [6, 6.07) is 35.5. The van der Waals surface area contributed by atoms with Gasteiger partial charge in [0.05, 0.1) is 11.0 Å². The van der Waals surface area contributed by atoms with Crippen molar-refractivity contribution in [2.75, 3.05) is 0 Å². The van der Waals surface area contributed by atoms with Crippen molar-refractivity contribution in [3.63, 3.8) is 0 Å². The highest BCUT2D eigenvalue weighted by atomic mass is 16.1. The fourth-order valence-corrected chi connectivity index (χ4v) is 5.90. The van der Waals surface area contributed by atoms with Crippen LogP contribution in [0.3, 0.4) is 0 Å². The van der Waals surface area contributed by atoms with E-state index in [1.54, 1.807) is 0 Å². The van der Waals surface area contributed by atoms with Crippen molar-refractivity contribution >= 4 is 44.0 Å². The van der Waals surface area contributed by atoms with E-state index in [0.717, 1.165) is 65.8 Å². The molecule has 0 unspecified atom stereocenters. The van der Waals surface area contributed by atoms with Gasteiger partial charge in [0.2, 0.25) is 0 Å². The molecule has 0 spiro atoms. The predicted molar refractivity (Wildman–Crippen MR) is 153 cm³/mol. The van der Waals surface area contributed by atoms with E-state index in [0.29, 0.717) is 0 Å². The molecule has 0 bridgehead atoms. The Morgan fingerprint density at radius 2 is 1.39 bits per heavy atom. The zero-order chi connectivity index (χ0) is 24.4. The van der Waals surface area contributed by atoms with Crippen molar-refractivity contribution < 1.29 is 0 Å². The third-order valence-corrected chi connectivity index (χ3v) is 7.47. The lowest BCUT2D eigenvalue weighted by Crippen LogP contribution is -2.13. The van der Waals surface area contributed by atoms with Crippen LogP contribution in [0.5, 0.6) is 0 Å². The molecule has 2 aromatic heterocycles. The minimum Gasteiger partial charge on any atom is -0.275 e. The lowest BCUT2D eigenvalue weighted by Gasteiger charge is -2.19. The van der Waals surface area contributed by atoms with E-state index < -0.39 is 0 Å². The Kier molecular flexibility index (Phi) is 4.40. The molecule has 0 aliphatic carbocycles. The normalized spacial score (nSPS) is 11.7. The molecule has 0 fully saturated rings. The van der Waals surface area contributed by atoms with Gasteiger partial charge >= 0.3 is 0 Å². The molecule has 0 radical (unpaired) electrons. The number of nitrogens with zero attached hydrogens (tertiary/aromatic N) is 1. The molecular weight excluding hydrogens is 438 g/mol. The second-order valence-corrected chi connectivity index (χ2v) is 9.38. The lowest BCUT2D eigenvalue weighted by molar-refractivity contribution is 1.21. The number of aromatic nitrogens is 1. The van der Waals surface area contributed by atoms with Gasteiger partial charge in [-0.3, -0.25) is 9.20 Å². The number of hydrogen-bond donors (Lipinski definition) is 0. The molecule has 2 heterocycles. The van der Waals surface area contributed by atoms with Crippen LogP contribution in [0.15, 0.2) is 115 Å². The first-order valence-electron chi connectivity index (χ1n) is 12.2. The van der Waals surface area contributed by atoms with Crippen LogP contribution in [-0.2, 0) is 0 Å². The van der Waals surface area contributed by atoms with Crippen LogP contribution in [0.25, 0.3) is 66.3 Å². The zero-order valence-electron chi connectivity index (χ0n) is 20.0. The highest BCUT2D eigenvalue weighted by Crippen LogP contribution is 2.46. The average Bonchev–Trinajstić information content (AvgIpc) is 3.26. The molecule has 170 valence electrons. The SMILES string of the molecule is C=Cc1c(C)cccc1-c1c(-c2ccccc2)cc2c3ccccc3n3c(=O)c4ccccc4c1c23. The fraction of sp³-hybridized carbons (Fsp3) is 0.0294. The summed E-state index contributed by atoms with van der Waals surface area (Å²) in [5, 5.41) is 5.00. The van der Waals surface area contributed by atoms with Gasteiger partial charge in [0.15, 0.2) is 0 Å². The fourth-order valence-electron chi connectivity index (χ4n) is 5.90. The number of hydrogen-bond acceptors (Lipinski definition) is 1. The number of fused-ring (bicyclic) bond motifs is 5. The van der Waals surface area contributed by atoms with Crippen molar-refractivity contribution in [3.05, 3.63) is 131 Å². The van der Waals surface area contributed by atoms with Gasteiger partial charge in [0, 0.05) is 27.1 Å². The van der Waals surface area contributed by atoms with E-state index in [2.05, 4.69) is 80.2 Å². The Morgan fingerprint density at radius 1 is 0.694 bits per heavy atom. The van der Waals surface area contributed by atoms with Gasteiger partial charge in [-0.2, -0.15) is 0 Å². The van der Waals surface area contributed by atoms with E-state index in [4.69, 9.17) is 0 Å². The first-order chi connectivity index (χ1) is 17.7. The van der Waals surface area contributed by atoms with Gasteiger partial charge in [-0.05, 0) is 58.3 Å². The molecule has 2 heteroatoms. The van der Waals surface area contributed by atoms with Crippen molar-refractivity contribution in [1.29, 1.82) is 0 Å². The number of pyridine rings is 1. The van der Waals surface area contributed by atoms with Crippen LogP contribution in [-0.4, -0.2) is 4.40 Å². The van der Waals surface area contributed by atoms with Gasteiger partial charge in [-0.15, -0.1) is 0 Å². The number of benzene rings is 5. The van der Waals surface area contributed by atoms with E-state index in [1.165, 1.54) is 5.56 Å². The van der Waals surface area contributed by atoms with E-state index in [9.17, 15) is 4.79 Å². The quantitative estimate of drug-likeness (QED) is 0.242. The monoisotopic (exact) mass is 461 g/mol. The second kappa shape index (κ2) is 7.66. The Labute approximate surface area is 208 Å². The molecule has 0 aliphatic heterocycles. The van der Waals surface area contributed by atoms with Crippen LogP contribution in [0.1, 0.15) is 11.1 Å². The van der Waals surface area contributed by atoms with E-state index in [-0.39, 0.29) is 5.56 Å². The van der Waals surface area contributed by atoms with Crippen LogP contribution >= 0.6 is 0 Å². The standard InChI is InChI=1S/C34H23NO/c1-3-23-21(2)12-11-18-25(23)31-28(22-13-5-4-6-14-22)20-29-24-15-9-10-19-30(24)35-33(29)32(31)26-16-7-8-17-27(26)34(35)36/h3-20H,1H2,2H3. The minimum atomic E-state index is 0.0240. The number of aryl methyl sites for hydroxylation is 1. The maximum absolute atomic E-state index is 13.9. The average molecular weight is 462 g/mol. The van der Waals surface area contributed by atoms with Crippen molar-refractivity contribution in [1.82, 2.24) is 4.40 Å². The Morgan fingerprint density at radius 3 is 2.17 bits per heavy atom. The number of para-hydroxylation sites is 1. The zero-order valence-corrected chi connectivity index (χ0v) is 20.0. The van der Waals surface area contributed by atoms with Crippen molar-refractivity contribution in [2.24, 2.45) is 0 Å². The molecule has 36 heavy (non-hydrogen) atoms. The first kappa shape index (κ1) is 20.7. The van der Waals surface area contributed by atoms with Crippen LogP contribution in [0.2, 0.25) is 0 Å². The molecule has 0 atom stereocenters. The first-order valence-corrected chi connectivity index (χ1v) is 12.2. The van der Waals surface area contributed by atoms with Gasteiger partial charge in [-0.25, -0.2) is 0 Å². The summed E-state index contributed by atoms with van der Waals surface area (Å²) < 4.78 is 1.92. The summed E-state index contributed by atoms with van der Waals surface area (Å²) >= 11 is 0. The molecule has 5 aromatic carbocycles. The third kappa shape index (κ3) is 2.70. The summed E-state index contributed by atoms with van der Waals surface area (Å²) in [5.41, 5.74) is 8.79. The van der Waals surface area contributed by atoms with E-state index in [1.807, 2.05) is 46.9 Å². The molecule has 2 nitrogen and oxygen atoms in total. The third-order valence-electron chi connectivity index (χ3n) is 7.47. The Balaban J connectivity index is 1.87. The van der Waals surface area contributed by atoms with Gasteiger partial charge in [-0.1, -0.05) is 97.6 Å². The molecule has 7 aromatic rings. The highest BCUT2D eigenvalue weighted by molar-refractivity contribution is 6.27. The maximum Gasteiger partial charge on any atom is 0.263 e. The minimum absolute atomic E-state index is 0.0240. The van der Waals surface area contributed by atoms with Gasteiger partial charge in [0.1, 0.15) is 0 Å². The van der Waals surface area contributed by atoms with Gasteiger partial charge in [0.25, 0.3) is 5.56 Å². The molecule has 0 N–H and O–H groups in total. The highest BCUT2D eigenvalue weighted by Gasteiger charge is 2.24. The van der Waals surface area contributed by atoms with Crippen LogP contribution in [0, 0.1) is 6.92 Å². The summed E-state index contributed by atoms with van der Waals surface area (Å²) in [7, 11) is 0. The molecule has 0 saturated carbocycles. The number of rotatable bonds is 3. The summed E-state index contributed by atoms with van der Waals surface area (Å²) in [6.45, 7) is 6.29. The van der Waals surface area contributed by atoms with Crippen LogP contribution in [0.4, 0.5) is 0 Å². The molecule has 0 saturated heterocycles. The topological polar surface area (TPSA) is 21.5 Å². The summed E-state index contributed by atoms with van der Waals surface area (Å²) in [6.07, 6.45) is 1.95. The molecule has 0 aliphatic rings. The Hall–Kier alpha value is -4.69. The van der Waals surface area contributed by atoms with Gasteiger partial charge < -0.3 is 0 Å². The maximum atomic E-state index is 13.9. The van der Waals surface area contributed by atoms with Crippen molar-refractivity contribution in [3.8, 4) is 22.3 Å². The summed E-state index contributed by atoms with van der Waals surface area (Å²) in [5.74, 6) is 0. The Bertz CT molecular complexity index is 2030. The largest absolute Gasteiger partial charge is 0.275 e. The smallest absolute Gasteiger partial charge is 0.263 e. The summed E-state index contributed by atoms with van der Waals surface area (Å²) in [4.78, 5) is 13.9. The van der Waals surface area contributed by atoms with E-state index >= 15 is 0 Å². The van der Waals surface area contributed by atoms with Crippen molar-refractivity contribution in [2.45, 2.75) is 6.92 Å². The second-order valence-electron chi connectivity index (χ2n) is 9.38.